The van der Waals surface area contributed by atoms with Gasteiger partial charge in [0.15, 0.2) is 11.5 Å². The first-order chi connectivity index (χ1) is 9.96. The van der Waals surface area contributed by atoms with Crippen LogP contribution in [-0.2, 0) is 10.0 Å². The summed E-state index contributed by atoms with van der Waals surface area (Å²) < 4.78 is 37.8. The first-order valence-electron chi connectivity index (χ1n) is 6.58. The summed E-state index contributed by atoms with van der Waals surface area (Å²) >= 11 is 3.25. The highest BCUT2D eigenvalue weighted by Crippen LogP contribution is 2.35. The maximum Gasteiger partial charge on any atom is 0.241 e. The molecular formula is C13H21BrN2O4S. The Bertz CT molecular complexity index is 564. The molecule has 0 aliphatic carbocycles. The van der Waals surface area contributed by atoms with E-state index in [0.29, 0.717) is 29.1 Å². The zero-order chi connectivity index (χ0) is 15.9. The number of halogens is 1. The van der Waals surface area contributed by atoms with Crippen molar-refractivity contribution in [3.63, 3.8) is 0 Å². The molecule has 0 unspecified atom stereocenters. The Kier molecular flexibility index (Phi) is 7.44. The van der Waals surface area contributed by atoms with Crippen LogP contribution in [0.1, 0.15) is 13.3 Å². The number of hydrogen-bond acceptors (Lipinski definition) is 5. The summed E-state index contributed by atoms with van der Waals surface area (Å²) in [6, 6.07) is 3.01. The van der Waals surface area contributed by atoms with E-state index < -0.39 is 10.0 Å². The number of benzene rings is 1. The van der Waals surface area contributed by atoms with Crippen LogP contribution in [0.3, 0.4) is 0 Å². The van der Waals surface area contributed by atoms with Crippen LogP contribution in [0, 0.1) is 0 Å². The van der Waals surface area contributed by atoms with Gasteiger partial charge in [0, 0.05) is 23.6 Å². The Morgan fingerprint density at radius 1 is 1.10 bits per heavy atom. The quantitative estimate of drug-likeness (QED) is 0.638. The van der Waals surface area contributed by atoms with Crippen molar-refractivity contribution in [3.05, 3.63) is 16.6 Å². The largest absolute Gasteiger partial charge is 0.493 e. The minimum atomic E-state index is -3.61. The van der Waals surface area contributed by atoms with Gasteiger partial charge in [0.2, 0.25) is 10.0 Å². The Labute approximate surface area is 134 Å². The van der Waals surface area contributed by atoms with Crippen LogP contribution < -0.4 is 19.5 Å². The van der Waals surface area contributed by atoms with Crippen LogP contribution in [0.4, 0.5) is 0 Å². The fourth-order valence-electron chi connectivity index (χ4n) is 1.69. The molecule has 1 rings (SSSR count). The van der Waals surface area contributed by atoms with Crippen molar-refractivity contribution in [2.24, 2.45) is 0 Å². The second kappa shape index (κ2) is 8.57. The highest BCUT2D eigenvalue weighted by Gasteiger charge is 2.20. The molecule has 1 aromatic rings. The first kappa shape index (κ1) is 18.2. The molecule has 6 nitrogen and oxygen atoms in total. The summed E-state index contributed by atoms with van der Waals surface area (Å²) in [7, 11) is -0.649. The van der Waals surface area contributed by atoms with Crippen LogP contribution in [0.25, 0.3) is 0 Å². The molecule has 0 aliphatic rings. The number of sulfonamides is 1. The second-order valence-electron chi connectivity index (χ2n) is 4.29. The zero-order valence-electron chi connectivity index (χ0n) is 12.4. The SMILES string of the molecule is CCCNCCNS(=O)(=O)c1cc(OC)c(OC)cc1Br. The molecule has 1 aromatic carbocycles. The van der Waals surface area contributed by atoms with Crippen molar-refractivity contribution in [3.8, 4) is 11.5 Å². The monoisotopic (exact) mass is 380 g/mol. The molecule has 0 heterocycles. The van der Waals surface area contributed by atoms with Gasteiger partial charge in [-0.3, -0.25) is 0 Å². The highest BCUT2D eigenvalue weighted by molar-refractivity contribution is 9.10. The third kappa shape index (κ3) is 5.14. The number of methoxy groups -OCH3 is 2. The zero-order valence-corrected chi connectivity index (χ0v) is 14.8. The molecule has 0 saturated heterocycles. The van der Waals surface area contributed by atoms with Crippen LogP contribution in [0.2, 0.25) is 0 Å². The molecule has 0 atom stereocenters. The van der Waals surface area contributed by atoms with Gasteiger partial charge in [-0.25, -0.2) is 13.1 Å². The van der Waals surface area contributed by atoms with Gasteiger partial charge in [-0.1, -0.05) is 6.92 Å². The van der Waals surface area contributed by atoms with Gasteiger partial charge in [0.1, 0.15) is 4.90 Å². The molecule has 0 spiro atoms. The van der Waals surface area contributed by atoms with Gasteiger partial charge >= 0.3 is 0 Å². The normalized spacial score (nSPS) is 11.4. The summed E-state index contributed by atoms with van der Waals surface area (Å²) in [5.74, 6) is 0.832. The predicted octanol–water partition coefficient (Wildman–Crippen LogP) is 1.74. The molecule has 0 bridgehead atoms. The number of rotatable bonds is 9. The van der Waals surface area contributed by atoms with Gasteiger partial charge in [-0.15, -0.1) is 0 Å². The van der Waals surface area contributed by atoms with Gasteiger partial charge < -0.3 is 14.8 Å². The minimum absolute atomic E-state index is 0.121. The van der Waals surface area contributed by atoms with Crippen LogP contribution >= 0.6 is 15.9 Å². The number of ether oxygens (including phenoxy) is 2. The molecule has 0 amide bonds. The van der Waals surface area contributed by atoms with Crippen molar-refractivity contribution < 1.29 is 17.9 Å². The fraction of sp³-hybridized carbons (Fsp3) is 0.538. The standard InChI is InChI=1S/C13H21BrN2O4S/c1-4-5-15-6-7-16-21(17,18)13-9-12(20-3)11(19-2)8-10(13)14/h8-9,15-16H,4-7H2,1-3H3. The topological polar surface area (TPSA) is 76.7 Å². The predicted molar refractivity (Wildman–Crippen MR) is 85.6 cm³/mol. The molecule has 2 N–H and O–H groups in total. The molecule has 0 aromatic heterocycles. The van der Waals surface area contributed by atoms with Gasteiger partial charge in [-0.2, -0.15) is 0 Å². The van der Waals surface area contributed by atoms with Crippen molar-refractivity contribution in [1.29, 1.82) is 0 Å². The fourth-order valence-corrected chi connectivity index (χ4v) is 3.76. The summed E-state index contributed by atoms with van der Waals surface area (Å²) in [5, 5.41) is 3.13. The van der Waals surface area contributed by atoms with E-state index in [4.69, 9.17) is 9.47 Å². The van der Waals surface area contributed by atoms with E-state index in [-0.39, 0.29) is 4.90 Å². The van der Waals surface area contributed by atoms with E-state index in [0.717, 1.165) is 13.0 Å². The number of nitrogens with one attached hydrogen (secondary N) is 2. The van der Waals surface area contributed by atoms with E-state index >= 15 is 0 Å². The average molecular weight is 381 g/mol. The molecule has 0 aliphatic heterocycles. The van der Waals surface area contributed by atoms with Gasteiger partial charge in [0.25, 0.3) is 0 Å². The van der Waals surface area contributed by atoms with Crippen LogP contribution in [-0.4, -0.2) is 42.3 Å². The Morgan fingerprint density at radius 3 is 2.29 bits per heavy atom. The Hall–Kier alpha value is -0.830. The third-order valence-corrected chi connectivity index (χ3v) is 5.17. The lowest BCUT2D eigenvalue weighted by Gasteiger charge is -2.13. The third-order valence-electron chi connectivity index (χ3n) is 2.75. The van der Waals surface area contributed by atoms with E-state index in [1.807, 2.05) is 0 Å². The molecule has 120 valence electrons. The highest BCUT2D eigenvalue weighted by atomic mass is 79.9. The summed E-state index contributed by atoms with van der Waals surface area (Å²) in [6.45, 7) is 3.82. The van der Waals surface area contributed by atoms with E-state index in [1.54, 1.807) is 6.07 Å². The average Bonchev–Trinajstić information content (AvgIpc) is 2.46. The lowest BCUT2D eigenvalue weighted by molar-refractivity contribution is 0.353. The molecule has 8 heteroatoms. The molecule has 0 saturated carbocycles. The van der Waals surface area contributed by atoms with E-state index in [1.165, 1.54) is 20.3 Å². The van der Waals surface area contributed by atoms with E-state index in [9.17, 15) is 8.42 Å². The summed E-state index contributed by atoms with van der Waals surface area (Å²) in [5.41, 5.74) is 0. The molecule has 0 fully saturated rings. The van der Waals surface area contributed by atoms with E-state index in [2.05, 4.69) is 32.9 Å². The summed E-state index contributed by atoms with van der Waals surface area (Å²) in [4.78, 5) is 0.121. The van der Waals surface area contributed by atoms with Crippen molar-refractivity contribution >= 4 is 26.0 Å². The summed E-state index contributed by atoms with van der Waals surface area (Å²) in [6.07, 6.45) is 1.01. The van der Waals surface area contributed by atoms with Gasteiger partial charge in [0.05, 0.1) is 14.2 Å². The molecule has 0 radical (unpaired) electrons. The molecular weight excluding hydrogens is 360 g/mol. The lowest BCUT2D eigenvalue weighted by Crippen LogP contribution is -2.32. The van der Waals surface area contributed by atoms with Crippen LogP contribution in [0.15, 0.2) is 21.5 Å². The Morgan fingerprint density at radius 2 is 1.71 bits per heavy atom. The lowest BCUT2D eigenvalue weighted by atomic mass is 10.3. The Balaban J connectivity index is 2.87. The minimum Gasteiger partial charge on any atom is -0.493 e. The molecule has 21 heavy (non-hydrogen) atoms. The second-order valence-corrected chi connectivity index (χ2v) is 6.88. The van der Waals surface area contributed by atoms with Crippen LogP contribution in [0.5, 0.6) is 11.5 Å². The number of hydrogen-bond donors (Lipinski definition) is 2. The smallest absolute Gasteiger partial charge is 0.241 e. The van der Waals surface area contributed by atoms with Gasteiger partial charge in [-0.05, 0) is 35.0 Å². The van der Waals surface area contributed by atoms with Crippen molar-refractivity contribution in [2.75, 3.05) is 33.9 Å². The van der Waals surface area contributed by atoms with Crippen molar-refractivity contribution in [2.45, 2.75) is 18.2 Å². The maximum absolute atomic E-state index is 12.3. The first-order valence-corrected chi connectivity index (χ1v) is 8.85. The maximum atomic E-state index is 12.3. The van der Waals surface area contributed by atoms with Crippen molar-refractivity contribution in [1.82, 2.24) is 10.0 Å².